The van der Waals surface area contributed by atoms with E-state index in [1.807, 2.05) is 0 Å². The number of ketones is 2. The molecule has 3 aliphatic rings. The zero-order valence-corrected chi connectivity index (χ0v) is 16.4. The van der Waals surface area contributed by atoms with Gasteiger partial charge in [-0.1, -0.05) is 49.3 Å². The van der Waals surface area contributed by atoms with E-state index < -0.39 is 0 Å². The third-order valence-electron chi connectivity index (χ3n) is 5.95. The molecule has 0 aliphatic heterocycles. The molecule has 0 aromatic carbocycles. The van der Waals surface area contributed by atoms with Gasteiger partial charge in [0.25, 0.3) is 0 Å². The molecule has 3 rings (SSSR count). The first-order chi connectivity index (χ1) is 12.5. The Labute approximate surface area is 157 Å². The average molecular weight is 351 g/mol. The average Bonchev–Trinajstić information content (AvgIpc) is 2.65. The van der Waals surface area contributed by atoms with Gasteiger partial charge < -0.3 is 0 Å². The van der Waals surface area contributed by atoms with Crippen LogP contribution in [0.5, 0.6) is 0 Å². The van der Waals surface area contributed by atoms with Crippen LogP contribution in [-0.2, 0) is 9.59 Å². The van der Waals surface area contributed by atoms with Crippen molar-refractivity contribution in [3.63, 3.8) is 0 Å². The molecule has 2 heteroatoms. The smallest absolute Gasteiger partial charge is 0.186 e. The van der Waals surface area contributed by atoms with Crippen molar-refractivity contribution in [2.75, 3.05) is 0 Å². The van der Waals surface area contributed by atoms with Crippen LogP contribution >= 0.6 is 0 Å². The first-order valence-electron chi connectivity index (χ1n) is 10.1. The van der Waals surface area contributed by atoms with E-state index in [4.69, 9.17) is 0 Å². The standard InChI is InChI=1S/C24H30O2/c1-4-6-7-8-16(3)13-18-10-12-20-22(15-18)24(26)21-14-17(5-2)9-11-19(21)23(20)25/h4,6,9-10,16H,5,7-8,11-15H2,1-3H3/b6-4-. The fourth-order valence-electron chi connectivity index (χ4n) is 4.33. The van der Waals surface area contributed by atoms with Crippen LogP contribution in [0, 0.1) is 5.92 Å². The summed E-state index contributed by atoms with van der Waals surface area (Å²) in [5.74, 6) is 0.895. The predicted octanol–water partition coefficient (Wildman–Crippen LogP) is 5.96. The van der Waals surface area contributed by atoms with Gasteiger partial charge in [-0.05, 0) is 64.2 Å². The Kier molecular flexibility index (Phi) is 5.90. The highest BCUT2D eigenvalue weighted by Crippen LogP contribution is 2.40. The second-order valence-corrected chi connectivity index (χ2v) is 7.87. The van der Waals surface area contributed by atoms with E-state index in [0.717, 1.165) is 41.6 Å². The van der Waals surface area contributed by atoms with E-state index in [2.05, 4.69) is 45.1 Å². The molecule has 0 bridgehead atoms. The van der Waals surface area contributed by atoms with Crippen molar-refractivity contribution >= 4 is 11.6 Å². The van der Waals surface area contributed by atoms with E-state index in [0.29, 0.717) is 31.6 Å². The van der Waals surface area contributed by atoms with E-state index in [1.54, 1.807) is 0 Å². The summed E-state index contributed by atoms with van der Waals surface area (Å²) in [5, 5.41) is 0. The number of hydrogen-bond acceptors (Lipinski definition) is 2. The van der Waals surface area contributed by atoms with E-state index in [9.17, 15) is 9.59 Å². The molecule has 2 nitrogen and oxygen atoms in total. The molecule has 0 heterocycles. The largest absolute Gasteiger partial charge is 0.289 e. The summed E-state index contributed by atoms with van der Waals surface area (Å²) in [4.78, 5) is 26.0. The fourth-order valence-corrected chi connectivity index (χ4v) is 4.33. The number of carbonyl (C=O) groups excluding carboxylic acids is 2. The second kappa shape index (κ2) is 8.16. The third kappa shape index (κ3) is 3.75. The molecule has 0 aromatic rings. The summed E-state index contributed by atoms with van der Waals surface area (Å²) in [5.41, 5.74) is 5.75. The normalized spacial score (nSPS) is 21.7. The van der Waals surface area contributed by atoms with Crippen LogP contribution < -0.4 is 0 Å². The molecule has 0 saturated carbocycles. The fraction of sp³-hybridized carbons (Fsp3) is 0.500. The summed E-state index contributed by atoms with van der Waals surface area (Å²) >= 11 is 0. The molecule has 1 unspecified atom stereocenters. The lowest BCUT2D eigenvalue weighted by atomic mass is 9.72. The van der Waals surface area contributed by atoms with Gasteiger partial charge in [0.15, 0.2) is 11.6 Å². The Morgan fingerprint density at radius 2 is 1.54 bits per heavy atom. The summed E-state index contributed by atoms with van der Waals surface area (Å²) in [6, 6.07) is 0. The number of rotatable bonds is 6. The maximum absolute atomic E-state index is 13.1. The lowest BCUT2D eigenvalue weighted by Crippen LogP contribution is -2.27. The van der Waals surface area contributed by atoms with Crippen LogP contribution in [0.15, 0.2) is 57.7 Å². The van der Waals surface area contributed by atoms with Crippen LogP contribution in [0.25, 0.3) is 0 Å². The second-order valence-electron chi connectivity index (χ2n) is 7.87. The van der Waals surface area contributed by atoms with Crippen molar-refractivity contribution in [3.05, 3.63) is 57.7 Å². The third-order valence-corrected chi connectivity index (χ3v) is 5.95. The minimum Gasteiger partial charge on any atom is -0.289 e. The van der Waals surface area contributed by atoms with Crippen LogP contribution in [0.3, 0.4) is 0 Å². The number of hydrogen-bond donors (Lipinski definition) is 0. The van der Waals surface area contributed by atoms with Gasteiger partial charge in [-0.3, -0.25) is 9.59 Å². The van der Waals surface area contributed by atoms with Crippen LogP contribution in [0.4, 0.5) is 0 Å². The van der Waals surface area contributed by atoms with Gasteiger partial charge in [-0.25, -0.2) is 0 Å². The summed E-state index contributed by atoms with van der Waals surface area (Å²) < 4.78 is 0. The van der Waals surface area contributed by atoms with Gasteiger partial charge in [0, 0.05) is 22.3 Å². The Hall–Kier alpha value is -1.96. The minimum atomic E-state index is 0.137. The highest BCUT2D eigenvalue weighted by molar-refractivity contribution is 6.26. The van der Waals surface area contributed by atoms with Crippen molar-refractivity contribution in [3.8, 4) is 0 Å². The summed E-state index contributed by atoms with van der Waals surface area (Å²) in [6.45, 7) is 6.46. The van der Waals surface area contributed by atoms with Crippen molar-refractivity contribution in [2.45, 2.75) is 72.1 Å². The molecule has 0 radical (unpaired) electrons. The van der Waals surface area contributed by atoms with Crippen LogP contribution in [-0.4, -0.2) is 11.6 Å². The maximum atomic E-state index is 13.1. The highest BCUT2D eigenvalue weighted by atomic mass is 16.1. The topological polar surface area (TPSA) is 34.1 Å². The van der Waals surface area contributed by atoms with Gasteiger partial charge >= 0.3 is 0 Å². The Balaban J connectivity index is 1.70. The molecule has 3 aliphatic carbocycles. The lowest BCUT2D eigenvalue weighted by Gasteiger charge is -2.29. The van der Waals surface area contributed by atoms with E-state index >= 15 is 0 Å². The van der Waals surface area contributed by atoms with E-state index in [1.165, 1.54) is 17.6 Å². The minimum absolute atomic E-state index is 0.137. The van der Waals surface area contributed by atoms with Crippen molar-refractivity contribution < 1.29 is 9.59 Å². The zero-order chi connectivity index (χ0) is 18.7. The molecular formula is C24H30O2. The Bertz CT molecular complexity index is 768. The molecular weight excluding hydrogens is 320 g/mol. The zero-order valence-electron chi connectivity index (χ0n) is 16.4. The quantitative estimate of drug-likeness (QED) is 0.437. The van der Waals surface area contributed by atoms with Gasteiger partial charge in [0.2, 0.25) is 0 Å². The lowest BCUT2D eigenvalue weighted by molar-refractivity contribution is -0.116. The molecule has 1 atom stereocenters. The number of allylic oxidation sites excluding steroid dienone is 10. The van der Waals surface area contributed by atoms with Gasteiger partial charge in [-0.2, -0.15) is 0 Å². The molecule has 26 heavy (non-hydrogen) atoms. The van der Waals surface area contributed by atoms with Crippen molar-refractivity contribution in [1.29, 1.82) is 0 Å². The Morgan fingerprint density at radius 1 is 0.962 bits per heavy atom. The molecule has 0 spiro atoms. The van der Waals surface area contributed by atoms with Gasteiger partial charge in [-0.15, -0.1) is 0 Å². The highest BCUT2D eigenvalue weighted by Gasteiger charge is 2.36. The Morgan fingerprint density at radius 3 is 2.15 bits per heavy atom. The predicted molar refractivity (Wildman–Crippen MR) is 107 cm³/mol. The molecule has 0 saturated heterocycles. The summed E-state index contributed by atoms with van der Waals surface area (Å²) in [7, 11) is 0. The molecule has 138 valence electrons. The first-order valence-corrected chi connectivity index (χ1v) is 10.1. The molecule has 0 amide bonds. The maximum Gasteiger partial charge on any atom is 0.186 e. The molecule has 0 N–H and O–H groups in total. The number of carbonyl (C=O) groups is 2. The molecule has 0 aromatic heterocycles. The first kappa shape index (κ1) is 18.8. The van der Waals surface area contributed by atoms with Crippen LogP contribution in [0.2, 0.25) is 0 Å². The van der Waals surface area contributed by atoms with Crippen LogP contribution in [0.1, 0.15) is 72.1 Å². The van der Waals surface area contributed by atoms with E-state index in [-0.39, 0.29) is 11.6 Å². The van der Waals surface area contributed by atoms with Crippen molar-refractivity contribution in [2.24, 2.45) is 5.92 Å². The van der Waals surface area contributed by atoms with Gasteiger partial charge in [0.05, 0.1) is 0 Å². The number of Topliss-reactive ketones (excluding diaryl/α,β-unsaturated/α-hetero) is 2. The van der Waals surface area contributed by atoms with Crippen molar-refractivity contribution in [1.82, 2.24) is 0 Å². The SMILES string of the molecule is C/C=C\CCC(C)CC1=CCC2=C(C1)C(=O)C1=C(CC=C(CC)C1)C2=O. The monoisotopic (exact) mass is 350 g/mol. The molecule has 0 fully saturated rings. The summed E-state index contributed by atoms with van der Waals surface area (Å²) in [6.07, 6.45) is 15.6. The van der Waals surface area contributed by atoms with Gasteiger partial charge in [0.1, 0.15) is 0 Å².